The van der Waals surface area contributed by atoms with Crippen molar-refractivity contribution in [2.75, 3.05) is 26.6 Å². The van der Waals surface area contributed by atoms with Gasteiger partial charge in [-0.2, -0.15) is 0 Å². The number of fused-ring (bicyclic) bond motifs is 2. The smallest absolute Gasteiger partial charge is 0.341 e. The van der Waals surface area contributed by atoms with Gasteiger partial charge in [-0.05, 0) is 55.0 Å². The quantitative estimate of drug-likeness (QED) is 0.273. The first-order chi connectivity index (χ1) is 18.5. The molecule has 0 radical (unpaired) electrons. The summed E-state index contributed by atoms with van der Waals surface area (Å²) in [6.45, 7) is 2.19. The highest BCUT2D eigenvalue weighted by atomic mass is 32.1. The molecule has 0 saturated carbocycles. The zero-order valence-corrected chi connectivity index (χ0v) is 22.7. The minimum Gasteiger partial charge on any atom is -0.497 e. The lowest BCUT2D eigenvalue weighted by atomic mass is 9.85. The molecule has 1 aliphatic carbocycles. The van der Waals surface area contributed by atoms with Crippen molar-refractivity contribution in [1.82, 2.24) is 4.98 Å². The molecule has 0 saturated heterocycles. The third kappa shape index (κ3) is 4.72. The second-order valence-corrected chi connectivity index (χ2v) is 10.4. The first-order valence-corrected chi connectivity index (χ1v) is 13.4. The zero-order chi connectivity index (χ0) is 26.8. The first kappa shape index (κ1) is 25.7. The van der Waals surface area contributed by atoms with Gasteiger partial charge in [-0.25, -0.2) is 9.78 Å². The van der Waals surface area contributed by atoms with Crippen molar-refractivity contribution >= 4 is 39.1 Å². The Hall–Kier alpha value is -3.91. The van der Waals surface area contributed by atoms with Gasteiger partial charge in [0, 0.05) is 21.9 Å². The molecule has 4 aromatic rings. The van der Waals surface area contributed by atoms with Gasteiger partial charge in [0.2, 0.25) is 0 Å². The largest absolute Gasteiger partial charge is 0.497 e. The molecule has 8 heteroatoms. The van der Waals surface area contributed by atoms with E-state index in [1.54, 1.807) is 26.4 Å². The Labute approximate surface area is 225 Å². The Kier molecular flexibility index (Phi) is 7.33. The maximum absolute atomic E-state index is 13.8. The Balaban J connectivity index is 1.59. The Bertz CT molecular complexity index is 1530. The van der Waals surface area contributed by atoms with Gasteiger partial charge < -0.3 is 19.5 Å². The number of pyridine rings is 1. The van der Waals surface area contributed by atoms with Gasteiger partial charge >= 0.3 is 5.97 Å². The number of benzene rings is 2. The van der Waals surface area contributed by atoms with E-state index in [-0.39, 0.29) is 5.91 Å². The molecule has 7 nitrogen and oxygen atoms in total. The summed E-state index contributed by atoms with van der Waals surface area (Å²) < 4.78 is 16.0. The topological polar surface area (TPSA) is 86.8 Å². The number of anilines is 1. The van der Waals surface area contributed by atoms with Gasteiger partial charge in [0.25, 0.3) is 5.91 Å². The zero-order valence-electron chi connectivity index (χ0n) is 21.9. The molecule has 2 heterocycles. The SMILES string of the molecule is CC[C@@H]1CCc2c(sc(NC(=O)c3cc(-c4ccc(OC)cc4OC)nc4ccccc34)c2C(=O)OC)C1. The van der Waals surface area contributed by atoms with Gasteiger partial charge in [-0.15, -0.1) is 11.3 Å². The van der Waals surface area contributed by atoms with E-state index in [0.29, 0.717) is 50.1 Å². The van der Waals surface area contributed by atoms with Crippen LogP contribution in [0.5, 0.6) is 11.5 Å². The minimum absolute atomic E-state index is 0.312. The summed E-state index contributed by atoms with van der Waals surface area (Å²) in [6, 6.07) is 14.8. The molecule has 5 rings (SSSR count). The van der Waals surface area contributed by atoms with Gasteiger partial charge in [0.05, 0.1) is 43.7 Å². The van der Waals surface area contributed by atoms with E-state index in [1.807, 2.05) is 36.4 Å². The number of nitrogens with zero attached hydrogens (tertiary/aromatic N) is 1. The van der Waals surface area contributed by atoms with E-state index in [4.69, 9.17) is 19.2 Å². The molecule has 196 valence electrons. The summed E-state index contributed by atoms with van der Waals surface area (Å²) in [4.78, 5) is 32.6. The fourth-order valence-corrected chi connectivity index (χ4v) is 6.44. The van der Waals surface area contributed by atoms with Crippen LogP contribution in [0.2, 0.25) is 0 Å². The molecule has 0 aliphatic heterocycles. The summed E-state index contributed by atoms with van der Waals surface area (Å²) in [7, 11) is 4.56. The second kappa shape index (κ2) is 10.8. The van der Waals surface area contributed by atoms with Crippen LogP contribution in [0.4, 0.5) is 5.00 Å². The summed E-state index contributed by atoms with van der Waals surface area (Å²) in [5.74, 6) is 1.10. The van der Waals surface area contributed by atoms with E-state index >= 15 is 0 Å². The van der Waals surface area contributed by atoms with Crippen molar-refractivity contribution in [1.29, 1.82) is 0 Å². The van der Waals surface area contributed by atoms with Crippen LogP contribution < -0.4 is 14.8 Å². The predicted octanol–water partition coefficient (Wildman–Crippen LogP) is 6.53. The molecule has 2 aromatic heterocycles. The molecule has 38 heavy (non-hydrogen) atoms. The van der Waals surface area contributed by atoms with Crippen molar-refractivity contribution < 1.29 is 23.8 Å². The van der Waals surface area contributed by atoms with E-state index in [9.17, 15) is 9.59 Å². The Morgan fingerprint density at radius 3 is 2.63 bits per heavy atom. The van der Waals surface area contributed by atoms with Crippen molar-refractivity contribution in [3.8, 4) is 22.8 Å². The van der Waals surface area contributed by atoms with E-state index in [0.717, 1.165) is 41.7 Å². The van der Waals surface area contributed by atoms with Crippen LogP contribution in [0.1, 0.15) is 50.9 Å². The van der Waals surface area contributed by atoms with Crippen LogP contribution in [0.3, 0.4) is 0 Å². The summed E-state index contributed by atoms with van der Waals surface area (Å²) in [5, 5.41) is 4.30. The van der Waals surface area contributed by atoms with Crippen molar-refractivity contribution in [2.45, 2.75) is 32.6 Å². The highest BCUT2D eigenvalue weighted by Gasteiger charge is 2.30. The normalized spacial score (nSPS) is 14.6. The van der Waals surface area contributed by atoms with Gasteiger partial charge in [0.1, 0.15) is 16.5 Å². The molecule has 1 amide bonds. The number of hydrogen-bond donors (Lipinski definition) is 1. The average Bonchev–Trinajstić information content (AvgIpc) is 3.32. The highest BCUT2D eigenvalue weighted by Crippen LogP contribution is 2.41. The lowest BCUT2D eigenvalue weighted by Gasteiger charge is -2.20. The fourth-order valence-electron chi connectivity index (χ4n) is 5.09. The van der Waals surface area contributed by atoms with Gasteiger partial charge in [-0.3, -0.25) is 4.79 Å². The molecule has 0 fully saturated rings. The molecule has 2 aromatic carbocycles. The molecule has 0 unspecified atom stereocenters. The molecular weight excluding hydrogens is 500 g/mol. The van der Waals surface area contributed by atoms with E-state index < -0.39 is 5.97 Å². The number of carbonyl (C=O) groups is 2. The lowest BCUT2D eigenvalue weighted by Crippen LogP contribution is -2.17. The maximum atomic E-state index is 13.8. The number of methoxy groups -OCH3 is 3. The maximum Gasteiger partial charge on any atom is 0.341 e. The minimum atomic E-state index is -0.420. The first-order valence-electron chi connectivity index (χ1n) is 12.6. The third-order valence-corrected chi connectivity index (χ3v) is 8.38. The number of hydrogen-bond acceptors (Lipinski definition) is 7. The number of ether oxygens (including phenoxy) is 3. The van der Waals surface area contributed by atoms with Crippen molar-refractivity contribution in [3.63, 3.8) is 0 Å². The third-order valence-electron chi connectivity index (χ3n) is 7.21. The van der Waals surface area contributed by atoms with Crippen LogP contribution in [-0.2, 0) is 17.6 Å². The number of amides is 1. The number of aromatic nitrogens is 1. The molecule has 0 spiro atoms. The monoisotopic (exact) mass is 530 g/mol. The number of nitrogens with one attached hydrogen (secondary N) is 1. The van der Waals surface area contributed by atoms with Gasteiger partial charge in [-0.1, -0.05) is 31.5 Å². The molecule has 1 atom stereocenters. The fraction of sp³-hybridized carbons (Fsp3) is 0.300. The predicted molar refractivity (Wildman–Crippen MR) is 150 cm³/mol. The standard InChI is InChI=1S/C30H30N2O5S/c1-5-17-10-12-21-26(14-17)38-29(27(21)30(34)37-4)32-28(33)22-16-24(31-23-9-7-6-8-19(22)23)20-13-11-18(35-2)15-25(20)36-3/h6-9,11,13,15-17H,5,10,12,14H2,1-4H3,(H,32,33)/t17-/m1/s1. The lowest BCUT2D eigenvalue weighted by molar-refractivity contribution is 0.0600. The second-order valence-electron chi connectivity index (χ2n) is 9.31. The number of rotatable bonds is 7. The number of esters is 1. The molecule has 1 N–H and O–H groups in total. The summed E-state index contributed by atoms with van der Waals surface area (Å²) >= 11 is 1.48. The summed E-state index contributed by atoms with van der Waals surface area (Å²) in [5.41, 5.74) is 3.95. The number of carbonyl (C=O) groups excluding carboxylic acids is 2. The van der Waals surface area contributed by atoms with Crippen LogP contribution in [-0.4, -0.2) is 38.2 Å². The number of thiophene rings is 1. The number of para-hydroxylation sites is 1. The van der Waals surface area contributed by atoms with Crippen LogP contribution in [0, 0.1) is 5.92 Å². The van der Waals surface area contributed by atoms with E-state index in [2.05, 4.69) is 12.2 Å². The summed E-state index contributed by atoms with van der Waals surface area (Å²) in [6.07, 6.45) is 3.84. The van der Waals surface area contributed by atoms with Gasteiger partial charge in [0.15, 0.2) is 0 Å². The van der Waals surface area contributed by atoms with Crippen LogP contribution >= 0.6 is 11.3 Å². The van der Waals surface area contributed by atoms with Crippen molar-refractivity contribution in [3.05, 3.63) is 70.1 Å². The van der Waals surface area contributed by atoms with Crippen LogP contribution in [0.25, 0.3) is 22.2 Å². The van der Waals surface area contributed by atoms with Crippen molar-refractivity contribution in [2.24, 2.45) is 5.92 Å². The molecular formula is C30H30N2O5S. The molecule has 0 bridgehead atoms. The van der Waals surface area contributed by atoms with Crippen LogP contribution in [0.15, 0.2) is 48.5 Å². The highest BCUT2D eigenvalue weighted by molar-refractivity contribution is 7.17. The average molecular weight is 531 g/mol. The Morgan fingerprint density at radius 1 is 1.08 bits per heavy atom. The Morgan fingerprint density at radius 2 is 1.89 bits per heavy atom. The van der Waals surface area contributed by atoms with E-state index in [1.165, 1.54) is 18.4 Å². The molecule has 1 aliphatic rings.